The average Bonchev–Trinajstić information content (AvgIpc) is 3.24. The van der Waals surface area contributed by atoms with Crippen molar-refractivity contribution in [2.75, 3.05) is 11.9 Å². The SMILES string of the molecule is Cn1c(Nc2nc3ccc(OC(F)(F)F)cc3s2)nc2cc(C(=O)NCC#N)ccc21. The van der Waals surface area contributed by atoms with Crippen LogP contribution in [0.2, 0.25) is 0 Å². The fourth-order valence-electron chi connectivity index (χ4n) is 2.93. The van der Waals surface area contributed by atoms with Crippen LogP contribution in [0.5, 0.6) is 5.75 Å². The molecule has 158 valence electrons. The van der Waals surface area contributed by atoms with Gasteiger partial charge >= 0.3 is 6.36 Å². The van der Waals surface area contributed by atoms with Crippen LogP contribution in [0, 0.1) is 11.3 Å². The molecule has 4 rings (SSSR count). The number of hydrogen-bond acceptors (Lipinski definition) is 7. The highest BCUT2D eigenvalue weighted by Gasteiger charge is 2.31. The first-order chi connectivity index (χ1) is 14.7. The van der Waals surface area contributed by atoms with E-state index in [1.807, 2.05) is 6.07 Å². The lowest BCUT2D eigenvalue weighted by Gasteiger charge is -2.07. The Bertz CT molecular complexity index is 1340. The number of carbonyl (C=O) groups excluding carboxylic acids is 1. The fraction of sp³-hybridized carbons (Fsp3) is 0.158. The van der Waals surface area contributed by atoms with Crippen molar-refractivity contribution in [3.8, 4) is 11.8 Å². The number of amides is 1. The summed E-state index contributed by atoms with van der Waals surface area (Å²) >= 11 is 1.15. The van der Waals surface area contributed by atoms with E-state index < -0.39 is 6.36 Å². The predicted octanol–water partition coefficient (Wildman–Crippen LogP) is 4.08. The van der Waals surface area contributed by atoms with E-state index in [4.69, 9.17) is 5.26 Å². The highest BCUT2D eigenvalue weighted by molar-refractivity contribution is 7.22. The Labute approximate surface area is 176 Å². The van der Waals surface area contributed by atoms with Crippen LogP contribution in [-0.2, 0) is 7.05 Å². The summed E-state index contributed by atoms with van der Waals surface area (Å²) in [5.74, 6) is -0.262. The molecule has 4 aromatic rings. The Balaban J connectivity index is 1.60. The summed E-state index contributed by atoms with van der Waals surface area (Å²) < 4.78 is 43.5. The number of rotatable bonds is 5. The second-order valence-electron chi connectivity index (χ2n) is 6.36. The van der Waals surface area contributed by atoms with E-state index in [9.17, 15) is 18.0 Å². The Morgan fingerprint density at radius 2 is 2.03 bits per heavy atom. The van der Waals surface area contributed by atoms with Gasteiger partial charge in [-0.25, -0.2) is 9.97 Å². The van der Waals surface area contributed by atoms with Crippen LogP contribution in [0.15, 0.2) is 36.4 Å². The van der Waals surface area contributed by atoms with E-state index in [1.165, 1.54) is 18.2 Å². The largest absolute Gasteiger partial charge is 0.573 e. The summed E-state index contributed by atoms with van der Waals surface area (Å²) in [6, 6.07) is 10.7. The van der Waals surface area contributed by atoms with E-state index in [-0.39, 0.29) is 18.2 Å². The maximum Gasteiger partial charge on any atom is 0.573 e. The molecule has 2 aromatic carbocycles. The van der Waals surface area contributed by atoms with Gasteiger partial charge in [0.1, 0.15) is 12.3 Å². The number of imidazole rings is 1. The third-order valence-electron chi connectivity index (χ3n) is 4.28. The highest BCUT2D eigenvalue weighted by atomic mass is 32.1. The zero-order chi connectivity index (χ0) is 22.2. The second kappa shape index (κ2) is 7.77. The van der Waals surface area contributed by atoms with E-state index in [1.54, 1.807) is 29.8 Å². The molecule has 0 radical (unpaired) electrons. The van der Waals surface area contributed by atoms with Crippen LogP contribution < -0.4 is 15.4 Å². The summed E-state index contributed by atoms with van der Waals surface area (Å²) in [6.45, 7) is -0.0980. The Hall–Kier alpha value is -3.85. The van der Waals surface area contributed by atoms with Gasteiger partial charge in [0.05, 0.1) is 27.3 Å². The van der Waals surface area contributed by atoms with Gasteiger partial charge < -0.3 is 19.9 Å². The van der Waals surface area contributed by atoms with Gasteiger partial charge in [-0.15, -0.1) is 13.2 Å². The molecule has 8 nitrogen and oxygen atoms in total. The van der Waals surface area contributed by atoms with Gasteiger partial charge in [-0.05, 0) is 30.3 Å². The molecular weight excluding hydrogens is 433 g/mol. The Morgan fingerprint density at radius 1 is 1.23 bits per heavy atom. The maximum atomic E-state index is 12.4. The molecule has 0 aliphatic rings. The molecule has 0 saturated carbocycles. The van der Waals surface area contributed by atoms with Crippen LogP contribution in [0.1, 0.15) is 10.4 Å². The number of anilines is 2. The summed E-state index contributed by atoms with van der Waals surface area (Å²) in [5, 5.41) is 14.5. The van der Waals surface area contributed by atoms with Gasteiger partial charge in [0, 0.05) is 18.7 Å². The first kappa shape index (κ1) is 20.4. The summed E-state index contributed by atoms with van der Waals surface area (Å²) in [6.07, 6.45) is -4.77. The number of aryl methyl sites for hydroxylation is 1. The minimum absolute atomic E-state index is 0.0980. The smallest absolute Gasteiger partial charge is 0.406 e. The second-order valence-corrected chi connectivity index (χ2v) is 7.39. The van der Waals surface area contributed by atoms with Gasteiger partial charge in [-0.2, -0.15) is 5.26 Å². The Morgan fingerprint density at radius 3 is 2.77 bits per heavy atom. The minimum atomic E-state index is -4.77. The first-order valence-corrected chi connectivity index (χ1v) is 9.60. The molecule has 2 aromatic heterocycles. The van der Waals surface area contributed by atoms with Crippen molar-refractivity contribution < 1.29 is 22.7 Å². The van der Waals surface area contributed by atoms with Crippen LogP contribution in [-0.4, -0.2) is 33.3 Å². The third kappa shape index (κ3) is 4.36. The van der Waals surface area contributed by atoms with Crippen LogP contribution in [0.25, 0.3) is 21.3 Å². The number of benzene rings is 2. The van der Waals surface area contributed by atoms with Gasteiger partial charge in [0.2, 0.25) is 5.95 Å². The lowest BCUT2D eigenvalue weighted by atomic mass is 10.2. The quantitative estimate of drug-likeness (QED) is 0.448. The van der Waals surface area contributed by atoms with Gasteiger partial charge in [-0.1, -0.05) is 11.3 Å². The molecule has 0 aliphatic heterocycles. The van der Waals surface area contributed by atoms with Crippen molar-refractivity contribution in [2.24, 2.45) is 7.05 Å². The molecule has 0 saturated heterocycles. The van der Waals surface area contributed by atoms with Crippen molar-refractivity contribution >= 4 is 49.6 Å². The molecule has 2 heterocycles. The van der Waals surface area contributed by atoms with E-state index in [0.717, 1.165) is 16.9 Å². The monoisotopic (exact) mass is 446 g/mol. The number of hydrogen-bond donors (Lipinski definition) is 2. The van der Waals surface area contributed by atoms with E-state index >= 15 is 0 Å². The fourth-order valence-corrected chi connectivity index (χ4v) is 3.81. The van der Waals surface area contributed by atoms with Gasteiger partial charge in [-0.3, -0.25) is 4.79 Å². The number of nitrogens with one attached hydrogen (secondary N) is 2. The molecule has 0 aliphatic carbocycles. The number of ether oxygens (including phenoxy) is 1. The third-order valence-corrected chi connectivity index (χ3v) is 5.22. The van der Waals surface area contributed by atoms with Crippen LogP contribution in [0.4, 0.5) is 24.3 Å². The number of aromatic nitrogens is 3. The average molecular weight is 446 g/mol. The number of nitriles is 1. The van der Waals surface area contributed by atoms with E-state index in [0.29, 0.717) is 32.4 Å². The molecule has 0 unspecified atom stereocenters. The molecule has 31 heavy (non-hydrogen) atoms. The van der Waals surface area contributed by atoms with Crippen molar-refractivity contribution in [1.29, 1.82) is 5.26 Å². The molecule has 12 heteroatoms. The minimum Gasteiger partial charge on any atom is -0.406 e. The molecule has 1 amide bonds. The normalized spacial score (nSPS) is 11.5. The van der Waals surface area contributed by atoms with Crippen molar-refractivity contribution in [2.45, 2.75) is 6.36 Å². The summed E-state index contributed by atoms with van der Waals surface area (Å²) in [5.41, 5.74) is 2.18. The van der Waals surface area contributed by atoms with Crippen LogP contribution in [0.3, 0.4) is 0 Å². The summed E-state index contributed by atoms with van der Waals surface area (Å²) in [4.78, 5) is 20.9. The highest BCUT2D eigenvalue weighted by Crippen LogP contribution is 2.33. The van der Waals surface area contributed by atoms with Crippen LogP contribution >= 0.6 is 11.3 Å². The first-order valence-electron chi connectivity index (χ1n) is 8.78. The maximum absolute atomic E-state index is 12.4. The van der Waals surface area contributed by atoms with Gasteiger partial charge in [0.15, 0.2) is 5.13 Å². The molecule has 0 bridgehead atoms. The molecular formula is C19H13F3N6O2S. The van der Waals surface area contributed by atoms with Crippen molar-refractivity contribution in [3.05, 3.63) is 42.0 Å². The molecule has 0 fully saturated rings. The zero-order valence-corrected chi connectivity index (χ0v) is 16.6. The predicted molar refractivity (Wildman–Crippen MR) is 108 cm³/mol. The molecule has 0 spiro atoms. The van der Waals surface area contributed by atoms with Crippen molar-refractivity contribution in [1.82, 2.24) is 19.9 Å². The lowest BCUT2D eigenvalue weighted by Crippen LogP contribution is -2.23. The standard InChI is InChI=1S/C19H13F3N6O2S/c1-28-14-5-2-10(16(29)24-7-6-23)8-13(14)25-17(28)27-18-26-12-4-3-11(9-15(12)31-18)30-19(20,21)22/h2-5,8-9H,7H2,1H3,(H,24,29)(H,25,26,27). The number of nitrogens with zero attached hydrogens (tertiary/aromatic N) is 4. The molecule has 2 N–H and O–H groups in total. The topological polar surface area (TPSA) is 105 Å². The van der Waals surface area contributed by atoms with Gasteiger partial charge in [0.25, 0.3) is 5.91 Å². The van der Waals surface area contributed by atoms with E-state index in [2.05, 4.69) is 25.3 Å². The molecule has 0 atom stereocenters. The number of alkyl halides is 3. The lowest BCUT2D eigenvalue weighted by molar-refractivity contribution is -0.274. The number of halogens is 3. The number of fused-ring (bicyclic) bond motifs is 2. The number of carbonyl (C=O) groups is 1. The van der Waals surface area contributed by atoms with Crippen molar-refractivity contribution in [3.63, 3.8) is 0 Å². The number of thiazole rings is 1. The summed E-state index contributed by atoms with van der Waals surface area (Å²) in [7, 11) is 1.77. The zero-order valence-electron chi connectivity index (χ0n) is 15.8. The Kier molecular flexibility index (Phi) is 5.12.